The fourth-order valence-electron chi connectivity index (χ4n) is 2.59. The lowest BCUT2D eigenvalue weighted by Crippen LogP contribution is -2.08. The van der Waals surface area contributed by atoms with Gasteiger partial charge >= 0.3 is 6.09 Å². The highest BCUT2D eigenvalue weighted by molar-refractivity contribution is 5.87. The number of nitrogens with zero attached hydrogens (tertiary/aromatic N) is 2. The summed E-state index contributed by atoms with van der Waals surface area (Å²) in [6, 6.07) is 21.7. The molecule has 0 aliphatic carbocycles. The van der Waals surface area contributed by atoms with Crippen LogP contribution in [0.2, 0.25) is 0 Å². The molecule has 4 aromatic rings. The van der Waals surface area contributed by atoms with Crippen molar-refractivity contribution in [3.63, 3.8) is 0 Å². The van der Waals surface area contributed by atoms with Crippen molar-refractivity contribution in [3.8, 4) is 0 Å². The van der Waals surface area contributed by atoms with Crippen LogP contribution in [0.15, 0.2) is 72.9 Å². The average Bonchev–Trinajstić information content (AvgIpc) is 3.06. The minimum absolute atomic E-state index is 0.612. The zero-order valence-electron chi connectivity index (χ0n) is 13.0. The van der Waals surface area contributed by atoms with Crippen LogP contribution in [-0.2, 0) is 6.54 Å². The van der Waals surface area contributed by atoms with Gasteiger partial charge in [-0.3, -0.25) is 0 Å². The van der Waals surface area contributed by atoms with Crippen LogP contribution in [0, 0.1) is 0 Å². The molecule has 0 saturated heterocycles. The summed E-state index contributed by atoms with van der Waals surface area (Å²) in [5.74, 6) is 0. The SMILES string of the molecule is NCc1cccc2ccccc12.O=C(O)n1ncc2ccccc21. The molecule has 3 aromatic carbocycles. The molecule has 5 nitrogen and oxygen atoms in total. The van der Waals surface area contributed by atoms with Gasteiger partial charge in [0.25, 0.3) is 0 Å². The van der Waals surface area contributed by atoms with Gasteiger partial charge in [0.15, 0.2) is 0 Å². The second-order valence-electron chi connectivity index (χ2n) is 5.24. The molecule has 0 radical (unpaired) electrons. The van der Waals surface area contributed by atoms with E-state index in [0.717, 1.165) is 10.1 Å². The lowest BCUT2D eigenvalue weighted by Gasteiger charge is -2.02. The van der Waals surface area contributed by atoms with E-state index in [1.807, 2.05) is 30.3 Å². The topological polar surface area (TPSA) is 81.1 Å². The summed E-state index contributed by atoms with van der Waals surface area (Å²) in [7, 11) is 0. The van der Waals surface area contributed by atoms with Crippen molar-refractivity contribution in [1.82, 2.24) is 9.78 Å². The third-order valence-corrected chi connectivity index (χ3v) is 3.76. The van der Waals surface area contributed by atoms with Crippen molar-refractivity contribution in [2.45, 2.75) is 6.54 Å². The zero-order chi connectivity index (χ0) is 16.9. The number of hydrogen-bond donors (Lipinski definition) is 2. The van der Waals surface area contributed by atoms with Crippen molar-refractivity contribution in [2.75, 3.05) is 0 Å². The van der Waals surface area contributed by atoms with Crippen LogP contribution in [0.4, 0.5) is 4.79 Å². The monoisotopic (exact) mass is 319 g/mol. The summed E-state index contributed by atoms with van der Waals surface area (Å²) in [6.07, 6.45) is 0.472. The van der Waals surface area contributed by atoms with Crippen LogP contribution in [0.3, 0.4) is 0 Å². The maximum Gasteiger partial charge on any atom is 0.432 e. The molecule has 5 heteroatoms. The summed E-state index contributed by atoms with van der Waals surface area (Å²) in [4.78, 5) is 10.6. The van der Waals surface area contributed by atoms with Crippen molar-refractivity contribution >= 4 is 27.8 Å². The van der Waals surface area contributed by atoms with Gasteiger partial charge in [-0.2, -0.15) is 9.78 Å². The Morgan fingerprint density at radius 2 is 1.62 bits per heavy atom. The van der Waals surface area contributed by atoms with Gasteiger partial charge in [-0.25, -0.2) is 4.79 Å². The second-order valence-corrected chi connectivity index (χ2v) is 5.24. The first-order chi connectivity index (χ1) is 11.7. The molecular weight excluding hydrogens is 302 g/mol. The number of fused-ring (bicyclic) bond motifs is 2. The molecule has 0 aliphatic heterocycles. The molecule has 4 rings (SSSR count). The predicted molar refractivity (Wildman–Crippen MR) is 95.0 cm³/mol. The molecule has 1 aromatic heterocycles. The van der Waals surface area contributed by atoms with Crippen LogP contribution in [0.1, 0.15) is 5.56 Å². The lowest BCUT2D eigenvalue weighted by atomic mass is 10.1. The smallest absolute Gasteiger partial charge is 0.432 e. The molecule has 0 aliphatic rings. The number of para-hydroxylation sites is 1. The molecule has 1 heterocycles. The Labute approximate surface area is 138 Å². The normalized spacial score (nSPS) is 10.4. The van der Waals surface area contributed by atoms with Crippen molar-refractivity contribution < 1.29 is 9.90 Å². The number of hydrogen-bond acceptors (Lipinski definition) is 3. The Hall–Kier alpha value is -3.18. The van der Waals surface area contributed by atoms with Crippen molar-refractivity contribution in [2.24, 2.45) is 5.73 Å². The first kappa shape index (κ1) is 15.7. The Kier molecular flexibility index (Phi) is 4.54. The van der Waals surface area contributed by atoms with E-state index >= 15 is 0 Å². The first-order valence-electron chi connectivity index (χ1n) is 7.53. The average molecular weight is 319 g/mol. The second kappa shape index (κ2) is 6.93. The van der Waals surface area contributed by atoms with Gasteiger partial charge < -0.3 is 10.8 Å². The lowest BCUT2D eigenvalue weighted by molar-refractivity contribution is 0.194. The Balaban J connectivity index is 0.000000141. The highest BCUT2D eigenvalue weighted by atomic mass is 16.4. The van der Waals surface area contributed by atoms with Crippen molar-refractivity contribution in [3.05, 3.63) is 78.5 Å². The Morgan fingerprint density at radius 3 is 2.38 bits per heavy atom. The molecule has 0 bridgehead atoms. The first-order valence-corrected chi connectivity index (χ1v) is 7.53. The van der Waals surface area contributed by atoms with Gasteiger partial charge in [0, 0.05) is 11.9 Å². The number of carbonyl (C=O) groups is 1. The number of carboxylic acid groups (broad SMARTS) is 1. The molecule has 24 heavy (non-hydrogen) atoms. The van der Waals surface area contributed by atoms with E-state index < -0.39 is 6.09 Å². The molecule has 0 unspecified atom stereocenters. The molecule has 120 valence electrons. The largest absolute Gasteiger partial charge is 0.463 e. The van der Waals surface area contributed by atoms with Gasteiger partial charge in [-0.05, 0) is 22.4 Å². The van der Waals surface area contributed by atoms with E-state index in [0.29, 0.717) is 12.1 Å². The van der Waals surface area contributed by atoms with Crippen LogP contribution >= 0.6 is 0 Å². The number of rotatable bonds is 1. The number of aromatic nitrogens is 2. The van der Waals surface area contributed by atoms with Crippen LogP contribution in [0.25, 0.3) is 21.7 Å². The predicted octanol–water partition coefficient (Wildman–Crippen LogP) is 3.86. The maximum atomic E-state index is 10.6. The van der Waals surface area contributed by atoms with E-state index in [1.165, 1.54) is 22.5 Å². The van der Waals surface area contributed by atoms with E-state index in [4.69, 9.17) is 10.8 Å². The molecule has 0 amide bonds. The standard InChI is InChI=1S/C11H11N.C8H6N2O2/c12-8-10-6-3-5-9-4-1-2-7-11(9)10;11-8(12)10-7-4-2-1-3-6(7)5-9-10/h1-7H,8,12H2;1-5H,(H,11,12). The summed E-state index contributed by atoms with van der Waals surface area (Å²) in [6.45, 7) is 0.612. The van der Waals surface area contributed by atoms with E-state index in [2.05, 4.69) is 29.4 Å². The summed E-state index contributed by atoms with van der Waals surface area (Å²) < 4.78 is 0.954. The molecule has 3 N–H and O–H groups in total. The zero-order valence-corrected chi connectivity index (χ0v) is 13.0. The van der Waals surface area contributed by atoms with E-state index in [9.17, 15) is 4.79 Å². The third kappa shape index (κ3) is 3.11. The summed E-state index contributed by atoms with van der Waals surface area (Å²) in [5, 5.41) is 15.7. The van der Waals surface area contributed by atoms with Crippen molar-refractivity contribution in [1.29, 1.82) is 0 Å². The van der Waals surface area contributed by atoms with Crippen LogP contribution in [-0.4, -0.2) is 21.0 Å². The van der Waals surface area contributed by atoms with Gasteiger partial charge in [-0.15, -0.1) is 0 Å². The molecule has 0 atom stereocenters. The fourth-order valence-corrected chi connectivity index (χ4v) is 2.59. The number of nitrogens with two attached hydrogens (primary N) is 1. The minimum atomic E-state index is -1.06. The highest BCUT2D eigenvalue weighted by Gasteiger charge is 2.06. The van der Waals surface area contributed by atoms with Gasteiger partial charge in [0.2, 0.25) is 0 Å². The van der Waals surface area contributed by atoms with Gasteiger partial charge in [-0.1, -0.05) is 60.7 Å². The molecule has 0 saturated carbocycles. The Bertz CT molecular complexity index is 987. The quantitative estimate of drug-likeness (QED) is 0.558. The highest BCUT2D eigenvalue weighted by Crippen LogP contribution is 2.17. The summed E-state index contributed by atoms with van der Waals surface area (Å²) in [5.41, 5.74) is 7.45. The van der Waals surface area contributed by atoms with Crippen LogP contribution < -0.4 is 5.73 Å². The Morgan fingerprint density at radius 1 is 0.958 bits per heavy atom. The molecular formula is C19H17N3O2. The van der Waals surface area contributed by atoms with E-state index in [1.54, 1.807) is 12.1 Å². The van der Waals surface area contributed by atoms with Gasteiger partial charge in [0.05, 0.1) is 11.7 Å². The fraction of sp³-hybridized carbons (Fsp3) is 0.0526. The molecule has 0 fully saturated rings. The maximum absolute atomic E-state index is 10.6. The van der Waals surface area contributed by atoms with E-state index in [-0.39, 0.29) is 0 Å². The summed E-state index contributed by atoms with van der Waals surface area (Å²) >= 11 is 0. The third-order valence-electron chi connectivity index (χ3n) is 3.76. The molecule has 0 spiro atoms. The minimum Gasteiger partial charge on any atom is -0.463 e. The van der Waals surface area contributed by atoms with Crippen LogP contribution in [0.5, 0.6) is 0 Å². The van der Waals surface area contributed by atoms with Gasteiger partial charge in [0.1, 0.15) is 0 Å². The number of benzene rings is 3.